The monoisotopic (exact) mass is 273 g/mol. The Morgan fingerprint density at radius 3 is 2.60 bits per heavy atom. The highest BCUT2D eigenvalue weighted by Crippen LogP contribution is 2.10. The summed E-state index contributed by atoms with van der Waals surface area (Å²) in [5.74, 6) is -0.366. The fraction of sp³-hybridized carbons (Fsp3) is 0.286. The zero-order chi connectivity index (χ0) is 14.5. The van der Waals surface area contributed by atoms with Crippen LogP contribution in [0.3, 0.4) is 0 Å². The van der Waals surface area contributed by atoms with Crippen LogP contribution in [0.15, 0.2) is 24.3 Å². The van der Waals surface area contributed by atoms with E-state index >= 15 is 0 Å². The van der Waals surface area contributed by atoms with Crippen molar-refractivity contribution < 1.29 is 14.3 Å². The molecule has 6 heteroatoms. The molecule has 1 aromatic carbocycles. The van der Waals surface area contributed by atoms with Gasteiger partial charge in [-0.15, -0.1) is 5.10 Å². The maximum Gasteiger partial charge on any atom is 0.337 e. The number of carbonyl (C=O) groups excluding carboxylic acids is 2. The zero-order valence-electron chi connectivity index (χ0n) is 11.4. The fourth-order valence-corrected chi connectivity index (χ4v) is 1.97. The van der Waals surface area contributed by atoms with Gasteiger partial charge >= 0.3 is 5.97 Å². The minimum Gasteiger partial charge on any atom is -0.465 e. The Kier molecular flexibility index (Phi) is 4.24. The SMILES string of the molecule is CCc1c(C=O)nnn1Cc1ccc(C(=O)OC)cc1. The Labute approximate surface area is 116 Å². The number of esters is 1. The molecule has 0 radical (unpaired) electrons. The number of rotatable bonds is 5. The first kappa shape index (κ1) is 13.9. The lowest BCUT2D eigenvalue weighted by Gasteiger charge is -2.06. The molecule has 2 aromatic rings. The maximum atomic E-state index is 11.3. The van der Waals surface area contributed by atoms with Crippen LogP contribution in [0.1, 0.15) is 39.0 Å². The summed E-state index contributed by atoms with van der Waals surface area (Å²) in [5, 5.41) is 7.80. The minimum atomic E-state index is -0.366. The molecule has 0 atom stereocenters. The van der Waals surface area contributed by atoms with E-state index in [9.17, 15) is 9.59 Å². The van der Waals surface area contributed by atoms with Crippen LogP contribution >= 0.6 is 0 Å². The number of carbonyl (C=O) groups is 2. The van der Waals surface area contributed by atoms with Gasteiger partial charge in [-0.1, -0.05) is 24.3 Å². The van der Waals surface area contributed by atoms with Crippen LogP contribution < -0.4 is 0 Å². The summed E-state index contributed by atoms with van der Waals surface area (Å²) in [4.78, 5) is 22.2. The van der Waals surface area contributed by atoms with Gasteiger partial charge in [0.15, 0.2) is 6.29 Å². The predicted octanol–water partition coefficient (Wildman–Crippen LogP) is 1.49. The van der Waals surface area contributed by atoms with Crippen molar-refractivity contribution in [3.05, 3.63) is 46.8 Å². The minimum absolute atomic E-state index is 0.366. The molecule has 2 rings (SSSR count). The quantitative estimate of drug-likeness (QED) is 0.609. The van der Waals surface area contributed by atoms with Gasteiger partial charge in [0.25, 0.3) is 0 Å². The summed E-state index contributed by atoms with van der Waals surface area (Å²) >= 11 is 0. The average Bonchev–Trinajstić information content (AvgIpc) is 2.89. The number of hydrogen-bond donors (Lipinski definition) is 0. The van der Waals surface area contributed by atoms with E-state index in [4.69, 9.17) is 0 Å². The number of hydrogen-bond acceptors (Lipinski definition) is 5. The number of ether oxygens (including phenoxy) is 1. The van der Waals surface area contributed by atoms with E-state index in [1.54, 1.807) is 16.8 Å². The van der Waals surface area contributed by atoms with Crippen LogP contribution in [0.4, 0.5) is 0 Å². The lowest BCUT2D eigenvalue weighted by Crippen LogP contribution is -2.07. The summed E-state index contributed by atoms with van der Waals surface area (Å²) in [6.45, 7) is 2.45. The molecule has 0 N–H and O–H groups in total. The van der Waals surface area contributed by atoms with Crippen LogP contribution in [0.5, 0.6) is 0 Å². The molecule has 6 nitrogen and oxygen atoms in total. The first-order valence-corrected chi connectivity index (χ1v) is 6.24. The maximum absolute atomic E-state index is 11.3. The van der Waals surface area contributed by atoms with Crippen molar-refractivity contribution in [3.8, 4) is 0 Å². The highest BCUT2D eigenvalue weighted by molar-refractivity contribution is 5.89. The van der Waals surface area contributed by atoms with Gasteiger partial charge in [0.1, 0.15) is 5.69 Å². The third-order valence-electron chi connectivity index (χ3n) is 3.02. The molecule has 0 saturated carbocycles. The van der Waals surface area contributed by atoms with Gasteiger partial charge in [-0.2, -0.15) is 0 Å². The molecule has 0 unspecified atom stereocenters. The van der Waals surface area contributed by atoms with Crippen LogP contribution in [0.2, 0.25) is 0 Å². The molecule has 20 heavy (non-hydrogen) atoms. The molecule has 0 bridgehead atoms. The first-order valence-electron chi connectivity index (χ1n) is 6.24. The molecule has 0 spiro atoms. The molecule has 0 aliphatic heterocycles. The Bertz CT molecular complexity index is 617. The topological polar surface area (TPSA) is 74.1 Å². The van der Waals surface area contributed by atoms with Crippen molar-refractivity contribution in [2.75, 3.05) is 7.11 Å². The van der Waals surface area contributed by atoms with Gasteiger partial charge in [0.05, 0.1) is 24.9 Å². The molecule has 0 fully saturated rings. The van der Waals surface area contributed by atoms with E-state index in [0.717, 1.165) is 11.3 Å². The van der Waals surface area contributed by atoms with E-state index in [1.165, 1.54) is 7.11 Å². The Balaban J connectivity index is 2.20. The third-order valence-corrected chi connectivity index (χ3v) is 3.02. The van der Waals surface area contributed by atoms with Crippen LogP contribution in [-0.4, -0.2) is 34.4 Å². The summed E-state index contributed by atoms with van der Waals surface area (Å²) in [6, 6.07) is 7.05. The van der Waals surface area contributed by atoms with Crippen molar-refractivity contribution in [1.29, 1.82) is 0 Å². The van der Waals surface area contributed by atoms with Crippen LogP contribution in [0, 0.1) is 0 Å². The van der Waals surface area contributed by atoms with E-state index in [0.29, 0.717) is 30.5 Å². The second-order valence-corrected chi connectivity index (χ2v) is 4.24. The van der Waals surface area contributed by atoms with Gasteiger partial charge in [0.2, 0.25) is 0 Å². The van der Waals surface area contributed by atoms with Crippen molar-refractivity contribution >= 4 is 12.3 Å². The van der Waals surface area contributed by atoms with Gasteiger partial charge in [-0.25, -0.2) is 9.48 Å². The number of methoxy groups -OCH3 is 1. The average molecular weight is 273 g/mol. The summed E-state index contributed by atoms with van der Waals surface area (Å²) in [7, 11) is 1.35. The Hall–Kier alpha value is -2.50. The van der Waals surface area contributed by atoms with Crippen molar-refractivity contribution in [1.82, 2.24) is 15.0 Å². The molecule has 1 heterocycles. The van der Waals surface area contributed by atoms with Crippen molar-refractivity contribution in [3.63, 3.8) is 0 Å². The van der Waals surface area contributed by atoms with Crippen LogP contribution in [-0.2, 0) is 17.7 Å². The Morgan fingerprint density at radius 2 is 2.05 bits per heavy atom. The van der Waals surface area contributed by atoms with Crippen molar-refractivity contribution in [2.24, 2.45) is 0 Å². The van der Waals surface area contributed by atoms with Gasteiger partial charge < -0.3 is 4.74 Å². The number of aromatic nitrogens is 3. The lowest BCUT2D eigenvalue weighted by molar-refractivity contribution is 0.0600. The normalized spacial score (nSPS) is 10.3. The molecule has 0 aliphatic rings. The molecule has 1 aromatic heterocycles. The van der Waals surface area contributed by atoms with Gasteiger partial charge in [0, 0.05) is 0 Å². The second-order valence-electron chi connectivity index (χ2n) is 4.24. The summed E-state index contributed by atoms with van der Waals surface area (Å²) in [6.07, 6.45) is 1.39. The standard InChI is InChI=1S/C14H15N3O3/c1-3-13-12(9-18)15-16-17(13)8-10-4-6-11(7-5-10)14(19)20-2/h4-7,9H,3,8H2,1-2H3. The molecule has 104 valence electrons. The highest BCUT2D eigenvalue weighted by atomic mass is 16.5. The Morgan fingerprint density at radius 1 is 1.35 bits per heavy atom. The van der Waals surface area contributed by atoms with E-state index < -0.39 is 0 Å². The molecular formula is C14H15N3O3. The number of aldehydes is 1. The highest BCUT2D eigenvalue weighted by Gasteiger charge is 2.11. The summed E-state index contributed by atoms with van der Waals surface area (Å²) in [5.41, 5.74) is 2.64. The largest absolute Gasteiger partial charge is 0.465 e. The van der Waals surface area contributed by atoms with E-state index in [1.807, 2.05) is 19.1 Å². The van der Waals surface area contributed by atoms with Gasteiger partial charge in [-0.05, 0) is 24.1 Å². The second kappa shape index (κ2) is 6.10. The molecule has 0 aliphatic carbocycles. The van der Waals surface area contributed by atoms with E-state index in [2.05, 4.69) is 15.0 Å². The summed E-state index contributed by atoms with van der Waals surface area (Å²) < 4.78 is 6.33. The molecule has 0 amide bonds. The predicted molar refractivity (Wildman–Crippen MR) is 71.7 cm³/mol. The lowest BCUT2D eigenvalue weighted by atomic mass is 10.1. The number of nitrogens with zero attached hydrogens (tertiary/aromatic N) is 3. The molecule has 0 saturated heterocycles. The van der Waals surface area contributed by atoms with Crippen molar-refractivity contribution in [2.45, 2.75) is 19.9 Å². The van der Waals surface area contributed by atoms with Crippen LogP contribution in [0.25, 0.3) is 0 Å². The smallest absolute Gasteiger partial charge is 0.337 e. The first-order chi connectivity index (χ1) is 9.69. The number of benzene rings is 1. The molecular weight excluding hydrogens is 258 g/mol. The van der Waals surface area contributed by atoms with Gasteiger partial charge in [-0.3, -0.25) is 4.79 Å². The third kappa shape index (κ3) is 2.74. The fourth-order valence-electron chi connectivity index (χ4n) is 1.97. The van der Waals surface area contributed by atoms with E-state index in [-0.39, 0.29) is 5.97 Å². The zero-order valence-corrected chi connectivity index (χ0v) is 11.4.